The molecule has 126 valence electrons. The van der Waals surface area contributed by atoms with Crippen LogP contribution in [0, 0.1) is 5.82 Å². The number of hydrogen-bond acceptors (Lipinski definition) is 3. The van der Waals surface area contributed by atoms with Gasteiger partial charge in [-0.15, -0.1) is 11.8 Å². The van der Waals surface area contributed by atoms with E-state index in [1.807, 2.05) is 48.7 Å². The van der Waals surface area contributed by atoms with Crippen molar-refractivity contribution in [1.29, 1.82) is 0 Å². The number of thioether (sulfide) groups is 1. The molecule has 4 rings (SSSR count). The average molecular weight is 352 g/mol. The minimum atomic E-state index is -0.181. The minimum absolute atomic E-state index is 0.181. The van der Waals surface area contributed by atoms with E-state index in [-0.39, 0.29) is 5.82 Å². The molecule has 0 atom stereocenters. The van der Waals surface area contributed by atoms with Crippen LogP contribution in [-0.4, -0.2) is 22.9 Å². The number of ether oxygens (including phenoxy) is 1. The van der Waals surface area contributed by atoms with Gasteiger partial charge in [0.1, 0.15) is 11.6 Å². The molecule has 3 nitrogen and oxygen atoms in total. The zero-order valence-corrected chi connectivity index (χ0v) is 14.8. The lowest BCUT2D eigenvalue weighted by Crippen LogP contribution is -2.02. The second kappa shape index (κ2) is 6.41. The van der Waals surface area contributed by atoms with Gasteiger partial charge in [-0.1, -0.05) is 6.07 Å². The van der Waals surface area contributed by atoms with Gasteiger partial charge in [-0.05, 0) is 48.7 Å². The smallest absolute Gasteiger partial charge is 0.129 e. The first-order valence-corrected chi connectivity index (χ1v) is 9.17. The zero-order chi connectivity index (χ0) is 17.4. The van der Waals surface area contributed by atoms with Crippen molar-refractivity contribution in [3.05, 3.63) is 66.1 Å². The van der Waals surface area contributed by atoms with E-state index in [9.17, 15) is 4.39 Å². The number of fused-ring (bicyclic) bond motifs is 3. The largest absolute Gasteiger partial charge is 0.497 e. The molecule has 0 aliphatic rings. The van der Waals surface area contributed by atoms with Gasteiger partial charge in [0, 0.05) is 22.0 Å². The fraction of sp³-hybridized carbons (Fsp3) is 0.150. The molecular formula is C20H17FN2OS. The summed E-state index contributed by atoms with van der Waals surface area (Å²) in [7, 11) is 1.65. The van der Waals surface area contributed by atoms with Crippen LogP contribution in [0.3, 0.4) is 0 Å². The predicted molar refractivity (Wildman–Crippen MR) is 101 cm³/mol. The lowest BCUT2D eigenvalue weighted by Gasteiger charge is -2.10. The quantitative estimate of drug-likeness (QED) is 0.478. The standard InChI is InChI=1S/C20H17FN2OS/c1-24-14-6-8-18-16(10-14)20-19(4-3-9-22-20)23(18)12-13-5-7-15(25-2)11-17(13)21/h3-11H,12H2,1-2H3. The Hall–Kier alpha value is -2.53. The molecule has 0 fully saturated rings. The van der Waals surface area contributed by atoms with Gasteiger partial charge in [0.05, 0.1) is 30.2 Å². The van der Waals surface area contributed by atoms with E-state index in [4.69, 9.17) is 4.74 Å². The molecule has 0 aliphatic heterocycles. The molecule has 0 unspecified atom stereocenters. The number of pyridine rings is 1. The summed E-state index contributed by atoms with van der Waals surface area (Å²) in [5.41, 5.74) is 3.57. The van der Waals surface area contributed by atoms with Crippen molar-refractivity contribution in [3.8, 4) is 5.75 Å². The molecule has 5 heteroatoms. The first kappa shape index (κ1) is 16.0. The van der Waals surface area contributed by atoms with Crippen LogP contribution < -0.4 is 4.74 Å². The summed E-state index contributed by atoms with van der Waals surface area (Å²) >= 11 is 1.54. The van der Waals surface area contributed by atoms with Gasteiger partial charge in [0.15, 0.2) is 0 Å². The number of aromatic nitrogens is 2. The fourth-order valence-corrected chi connectivity index (χ4v) is 3.57. The summed E-state index contributed by atoms with van der Waals surface area (Å²) < 4.78 is 21.9. The van der Waals surface area contributed by atoms with Gasteiger partial charge in [0.25, 0.3) is 0 Å². The Labute approximate surface area is 149 Å². The Kier molecular flexibility index (Phi) is 4.09. The molecule has 4 aromatic rings. The molecule has 0 bridgehead atoms. The molecule has 0 amide bonds. The fourth-order valence-electron chi connectivity index (χ4n) is 3.14. The van der Waals surface area contributed by atoms with Crippen molar-refractivity contribution in [2.24, 2.45) is 0 Å². The van der Waals surface area contributed by atoms with Crippen molar-refractivity contribution in [2.45, 2.75) is 11.4 Å². The molecule has 2 aromatic heterocycles. The molecule has 25 heavy (non-hydrogen) atoms. The average Bonchev–Trinajstić information content (AvgIpc) is 2.96. The Bertz CT molecular complexity index is 1070. The van der Waals surface area contributed by atoms with Crippen LogP contribution in [0.1, 0.15) is 5.56 Å². The molecule has 2 heterocycles. The monoisotopic (exact) mass is 352 g/mol. The van der Waals surface area contributed by atoms with Gasteiger partial charge in [-0.25, -0.2) is 4.39 Å². The highest BCUT2D eigenvalue weighted by molar-refractivity contribution is 7.98. The van der Waals surface area contributed by atoms with E-state index in [1.165, 1.54) is 11.8 Å². The number of methoxy groups -OCH3 is 1. The molecule has 0 saturated carbocycles. The maximum absolute atomic E-state index is 14.5. The van der Waals surface area contributed by atoms with Gasteiger partial charge in [0.2, 0.25) is 0 Å². The predicted octanol–water partition coefficient (Wildman–Crippen LogP) is 5.11. The highest BCUT2D eigenvalue weighted by Crippen LogP contribution is 2.31. The minimum Gasteiger partial charge on any atom is -0.497 e. The van der Waals surface area contributed by atoms with E-state index < -0.39 is 0 Å². The van der Waals surface area contributed by atoms with Crippen LogP contribution in [0.2, 0.25) is 0 Å². The lowest BCUT2D eigenvalue weighted by molar-refractivity contribution is 0.415. The van der Waals surface area contributed by atoms with E-state index in [1.54, 1.807) is 19.4 Å². The molecule has 0 aliphatic carbocycles. The topological polar surface area (TPSA) is 27.1 Å². The summed E-state index contributed by atoms with van der Waals surface area (Å²) in [4.78, 5) is 5.45. The number of benzene rings is 2. The van der Waals surface area contributed by atoms with Crippen molar-refractivity contribution < 1.29 is 9.13 Å². The first-order valence-electron chi connectivity index (χ1n) is 7.94. The van der Waals surface area contributed by atoms with Crippen LogP contribution >= 0.6 is 11.8 Å². The molecule has 0 N–H and O–H groups in total. The van der Waals surface area contributed by atoms with Gasteiger partial charge in [-0.3, -0.25) is 4.98 Å². The van der Waals surface area contributed by atoms with Gasteiger partial charge < -0.3 is 9.30 Å². The van der Waals surface area contributed by atoms with Crippen LogP contribution in [0.25, 0.3) is 21.9 Å². The van der Waals surface area contributed by atoms with Crippen molar-refractivity contribution in [3.63, 3.8) is 0 Å². The molecular weight excluding hydrogens is 335 g/mol. The number of hydrogen-bond donors (Lipinski definition) is 0. The number of halogens is 1. The third kappa shape index (κ3) is 2.74. The third-order valence-corrected chi connectivity index (χ3v) is 5.14. The summed E-state index contributed by atoms with van der Waals surface area (Å²) in [6.07, 6.45) is 3.72. The second-order valence-electron chi connectivity index (χ2n) is 5.80. The Balaban J connectivity index is 1.91. The third-order valence-electron chi connectivity index (χ3n) is 4.42. The van der Waals surface area contributed by atoms with Crippen molar-refractivity contribution in [1.82, 2.24) is 9.55 Å². The van der Waals surface area contributed by atoms with Gasteiger partial charge in [-0.2, -0.15) is 0 Å². The number of rotatable bonds is 4. The Morgan fingerprint density at radius 1 is 1.12 bits per heavy atom. The van der Waals surface area contributed by atoms with E-state index in [0.717, 1.165) is 32.6 Å². The summed E-state index contributed by atoms with van der Waals surface area (Å²) in [5.74, 6) is 0.604. The summed E-state index contributed by atoms with van der Waals surface area (Å²) in [6, 6.07) is 15.2. The maximum Gasteiger partial charge on any atom is 0.129 e. The highest BCUT2D eigenvalue weighted by Gasteiger charge is 2.14. The molecule has 0 spiro atoms. The summed E-state index contributed by atoms with van der Waals surface area (Å²) in [5, 5.41) is 1.01. The van der Waals surface area contributed by atoms with Crippen molar-refractivity contribution >= 4 is 33.7 Å². The van der Waals surface area contributed by atoms with E-state index >= 15 is 0 Å². The first-order chi connectivity index (χ1) is 12.2. The Morgan fingerprint density at radius 2 is 2.00 bits per heavy atom. The maximum atomic E-state index is 14.5. The molecule has 0 radical (unpaired) electrons. The molecule has 2 aromatic carbocycles. The normalized spacial score (nSPS) is 11.3. The highest BCUT2D eigenvalue weighted by atomic mass is 32.2. The Morgan fingerprint density at radius 3 is 2.76 bits per heavy atom. The second-order valence-corrected chi connectivity index (χ2v) is 6.68. The van der Waals surface area contributed by atoms with Gasteiger partial charge >= 0.3 is 0 Å². The lowest BCUT2D eigenvalue weighted by atomic mass is 10.2. The SMILES string of the molecule is COc1ccc2c(c1)c1ncccc1n2Cc1ccc(SC)cc1F. The van der Waals surface area contributed by atoms with E-state index in [0.29, 0.717) is 12.1 Å². The van der Waals surface area contributed by atoms with Crippen LogP contribution in [0.5, 0.6) is 5.75 Å². The van der Waals surface area contributed by atoms with Crippen molar-refractivity contribution in [2.75, 3.05) is 13.4 Å². The van der Waals surface area contributed by atoms with E-state index in [2.05, 4.69) is 9.55 Å². The number of nitrogens with zero attached hydrogens (tertiary/aromatic N) is 2. The molecule has 0 saturated heterocycles. The zero-order valence-electron chi connectivity index (χ0n) is 14.0. The summed E-state index contributed by atoms with van der Waals surface area (Å²) in [6.45, 7) is 0.457. The van der Waals surface area contributed by atoms with Crippen LogP contribution in [-0.2, 0) is 6.54 Å². The van der Waals surface area contributed by atoms with Crippen LogP contribution in [0.4, 0.5) is 4.39 Å². The van der Waals surface area contributed by atoms with Crippen LogP contribution in [0.15, 0.2) is 59.6 Å².